The number of nitrogens with zero attached hydrogens (tertiary/aromatic N) is 6. The molecule has 68 heavy (non-hydrogen) atoms. The predicted molar refractivity (Wildman–Crippen MR) is 249 cm³/mol. The molecule has 356 valence electrons. The maximum atomic E-state index is 18.1. The Hall–Kier alpha value is -6.79. The van der Waals surface area contributed by atoms with Gasteiger partial charge in [0.1, 0.15) is 42.2 Å². The fourth-order valence-corrected chi connectivity index (χ4v) is 10.1. The van der Waals surface area contributed by atoms with Gasteiger partial charge in [-0.2, -0.15) is 13.2 Å². The molecule has 0 spiro atoms. The number of amides is 1. The van der Waals surface area contributed by atoms with E-state index >= 15 is 17.6 Å². The van der Waals surface area contributed by atoms with Gasteiger partial charge < -0.3 is 39.2 Å². The first-order valence-corrected chi connectivity index (χ1v) is 22.5. The van der Waals surface area contributed by atoms with Crippen molar-refractivity contribution in [1.82, 2.24) is 19.8 Å². The van der Waals surface area contributed by atoms with E-state index in [0.717, 1.165) is 49.9 Å². The molecule has 1 unspecified atom stereocenters. The first-order valence-electron chi connectivity index (χ1n) is 22.1. The third kappa shape index (κ3) is 8.89. The number of aryl methyl sites for hydroxylation is 1. The number of fused-ring (bicyclic) bond motifs is 1. The zero-order valence-electron chi connectivity index (χ0n) is 37.7. The van der Waals surface area contributed by atoms with Crippen LogP contribution in [0.1, 0.15) is 72.0 Å². The van der Waals surface area contributed by atoms with Crippen LogP contribution >= 0.6 is 11.6 Å². The molecule has 4 aliphatic heterocycles. The van der Waals surface area contributed by atoms with Crippen LogP contribution in [-0.2, 0) is 24.0 Å². The van der Waals surface area contributed by atoms with Crippen molar-refractivity contribution in [3.8, 4) is 28.5 Å². The highest BCUT2D eigenvalue weighted by atomic mass is 35.5. The number of aromatic nitrogens is 2. The minimum Gasteiger partial charge on any atom is -0.497 e. The Morgan fingerprint density at radius 1 is 1.01 bits per heavy atom. The van der Waals surface area contributed by atoms with E-state index in [-0.39, 0.29) is 77.2 Å². The second-order valence-corrected chi connectivity index (χ2v) is 17.6. The Balaban J connectivity index is 1.21. The molecule has 2 saturated heterocycles. The smallest absolute Gasteiger partial charge is 0.418 e. The molecule has 0 radical (unpaired) electrons. The van der Waals surface area contributed by atoms with E-state index < -0.39 is 46.7 Å². The first-order chi connectivity index (χ1) is 32.7. The second-order valence-electron chi connectivity index (χ2n) is 17.2. The highest BCUT2D eigenvalue weighted by molar-refractivity contribution is 6.37. The summed E-state index contributed by atoms with van der Waals surface area (Å²) in [4.78, 5) is 31.4. The molecule has 9 rings (SSSR count). The SMILES string of the molecule is COc1ccc(CN(Cc2ccc(OC)cc2)c2cc(C)c(C(F)(F)F)c(-c3c(F)c4c5c(c3Cl)NCN=C5N(C(C)c3cccnc3NC(=O)O)C=C(OCC35CCCN3CCC5)O4)n2)cc1. The molecule has 14 nitrogen and oxygen atoms in total. The van der Waals surface area contributed by atoms with Crippen molar-refractivity contribution in [1.29, 1.82) is 0 Å². The Morgan fingerprint density at radius 2 is 1.66 bits per heavy atom. The van der Waals surface area contributed by atoms with Gasteiger partial charge in [0.25, 0.3) is 0 Å². The summed E-state index contributed by atoms with van der Waals surface area (Å²) in [5.41, 5.74) is -0.971. The van der Waals surface area contributed by atoms with E-state index in [2.05, 4.69) is 20.5 Å². The van der Waals surface area contributed by atoms with Gasteiger partial charge in [-0.3, -0.25) is 10.2 Å². The van der Waals surface area contributed by atoms with Crippen LogP contribution in [0.5, 0.6) is 17.2 Å². The lowest BCUT2D eigenvalue weighted by Crippen LogP contribution is -2.42. The van der Waals surface area contributed by atoms with E-state index in [1.807, 2.05) is 24.3 Å². The summed E-state index contributed by atoms with van der Waals surface area (Å²) in [6.07, 6.45) is 0.302. The Morgan fingerprint density at radius 3 is 2.26 bits per heavy atom. The van der Waals surface area contributed by atoms with Gasteiger partial charge in [-0.05, 0) is 106 Å². The van der Waals surface area contributed by atoms with Gasteiger partial charge in [-0.1, -0.05) is 41.9 Å². The van der Waals surface area contributed by atoms with Crippen molar-refractivity contribution < 1.29 is 46.4 Å². The average molecular weight is 957 g/mol. The van der Waals surface area contributed by atoms with E-state index in [1.165, 1.54) is 25.4 Å². The zero-order chi connectivity index (χ0) is 47.9. The molecule has 4 aliphatic rings. The maximum Gasteiger partial charge on any atom is 0.418 e. The number of pyridine rings is 2. The number of amidine groups is 1. The highest BCUT2D eigenvalue weighted by Gasteiger charge is 2.46. The summed E-state index contributed by atoms with van der Waals surface area (Å²) in [5, 5.41) is 14.7. The fourth-order valence-electron chi connectivity index (χ4n) is 9.75. The average Bonchev–Trinajstić information content (AvgIpc) is 3.86. The molecule has 1 atom stereocenters. The third-order valence-electron chi connectivity index (χ3n) is 13.1. The molecular formula is C49H49ClF4N8O6. The normalized spacial score (nSPS) is 16.6. The summed E-state index contributed by atoms with van der Waals surface area (Å²) in [6, 6.07) is 18.4. The Bertz CT molecular complexity index is 2730. The summed E-state index contributed by atoms with van der Waals surface area (Å²) in [5.74, 6) is -0.320. The number of benzene rings is 3. The van der Waals surface area contributed by atoms with Gasteiger partial charge >= 0.3 is 18.2 Å². The van der Waals surface area contributed by atoms with Crippen molar-refractivity contribution >= 4 is 40.9 Å². The van der Waals surface area contributed by atoms with Gasteiger partial charge in [-0.25, -0.2) is 24.1 Å². The molecule has 0 aliphatic carbocycles. The van der Waals surface area contributed by atoms with Gasteiger partial charge in [0.2, 0.25) is 0 Å². The third-order valence-corrected chi connectivity index (χ3v) is 13.5. The highest BCUT2D eigenvalue weighted by Crippen LogP contribution is 2.52. The number of ether oxygens (including phenoxy) is 4. The van der Waals surface area contributed by atoms with Crippen LogP contribution in [0.4, 0.5) is 39.7 Å². The summed E-state index contributed by atoms with van der Waals surface area (Å²) in [6.45, 7) is 5.35. The van der Waals surface area contributed by atoms with Crippen LogP contribution in [0.2, 0.25) is 5.02 Å². The molecule has 0 bridgehead atoms. The zero-order valence-corrected chi connectivity index (χ0v) is 38.5. The molecule has 3 N–H and O–H groups in total. The van der Waals surface area contributed by atoms with E-state index in [1.54, 1.807) is 67.3 Å². The Kier molecular flexibility index (Phi) is 12.7. The quantitative estimate of drug-likeness (QED) is 0.0911. The lowest BCUT2D eigenvalue weighted by Gasteiger charge is -2.33. The lowest BCUT2D eigenvalue weighted by atomic mass is 9.95. The molecule has 2 aromatic heterocycles. The maximum absolute atomic E-state index is 18.1. The molecule has 5 aromatic rings. The van der Waals surface area contributed by atoms with Gasteiger partial charge in [0, 0.05) is 24.8 Å². The number of methoxy groups -OCH3 is 2. The second kappa shape index (κ2) is 18.7. The molecular weight excluding hydrogens is 908 g/mol. The number of nitrogens with one attached hydrogen (secondary N) is 2. The van der Waals surface area contributed by atoms with Crippen LogP contribution in [0.15, 0.2) is 90.1 Å². The lowest BCUT2D eigenvalue weighted by molar-refractivity contribution is -0.137. The summed E-state index contributed by atoms with van der Waals surface area (Å²) >= 11 is 7.22. The van der Waals surface area contributed by atoms with Gasteiger partial charge in [0.05, 0.1) is 65.1 Å². The number of hydrogen-bond acceptors (Lipinski definition) is 12. The number of alkyl halides is 3. The van der Waals surface area contributed by atoms with Crippen molar-refractivity contribution in [3.63, 3.8) is 0 Å². The minimum absolute atomic E-state index is 0.0180. The van der Waals surface area contributed by atoms with Crippen molar-refractivity contribution in [2.24, 2.45) is 4.99 Å². The number of carboxylic acid groups (broad SMARTS) is 1. The van der Waals surface area contributed by atoms with E-state index in [0.29, 0.717) is 17.1 Å². The van der Waals surface area contributed by atoms with E-state index in [4.69, 9.17) is 40.5 Å². The van der Waals surface area contributed by atoms with Crippen molar-refractivity contribution in [3.05, 3.63) is 129 Å². The number of aliphatic imine (C=N–C) groups is 1. The van der Waals surface area contributed by atoms with Crippen LogP contribution in [0, 0.1) is 12.7 Å². The first kappa shape index (κ1) is 46.3. The minimum atomic E-state index is -5.01. The van der Waals surface area contributed by atoms with E-state index in [9.17, 15) is 9.90 Å². The molecule has 6 heterocycles. The van der Waals surface area contributed by atoms with Crippen LogP contribution in [0.3, 0.4) is 0 Å². The largest absolute Gasteiger partial charge is 0.497 e. The van der Waals surface area contributed by atoms with Gasteiger partial charge in [0.15, 0.2) is 11.6 Å². The standard InChI is InChI=1S/C49H49ClF4N8O6/c1-28-22-35(60(23-30-9-13-32(65-3)14-10-30)24-31-11-15-33(66-4)16-12-31)58-42(39(28)49(52,53)54)37-40(50)43-38-44(41(37)51)68-36(67-26-48-17-6-20-61(48)21-7-18-48)25-62(46(38)57-27-56-43)29(2)34-8-5-19-55-45(34)59-47(63)64/h5,8-16,19,22,25,29,56H,6-7,17-18,20-21,23-24,26-27H2,1-4H3,(H,55,59)(H,63,64). The monoisotopic (exact) mass is 956 g/mol. The molecule has 2 fully saturated rings. The van der Waals surface area contributed by atoms with Crippen molar-refractivity contribution in [2.75, 3.05) is 56.1 Å². The number of rotatable bonds is 14. The van der Waals surface area contributed by atoms with Gasteiger partial charge in [-0.15, -0.1) is 0 Å². The molecule has 19 heteroatoms. The van der Waals surface area contributed by atoms with Crippen molar-refractivity contribution in [2.45, 2.75) is 70.4 Å². The number of halogens is 5. The summed E-state index contributed by atoms with van der Waals surface area (Å²) in [7, 11) is 3.10. The van der Waals surface area contributed by atoms with Crippen LogP contribution < -0.4 is 29.7 Å². The number of hydrogen-bond donors (Lipinski definition) is 3. The number of carbonyl (C=O) groups is 1. The number of anilines is 3. The molecule has 1 amide bonds. The summed E-state index contributed by atoms with van der Waals surface area (Å²) < 4.78 is 88.4. The van der Waals surface area contributed by atoms with Crippen LogP contribution in [0.25, 0.3) is 11.3 Å². The topological polar surface area (TPSA) is 146 Å². The predicted octanol–water partition coefficient (Wildman–Crippen LogP) is 10.6. The molecule has 3 aromatic carbocycles. The fraction of sp³-hybridized carbons (Fsp3) is 0.347. The Labute approximate surface area is 395 Å². The van der Waals surface area contributed by atoms with Crippen LogP contribution in [-0.4, -0.2) is 82.9 Å². The molecule has 0 saturated carbocycles.